The molecule has 0 aromatic carbocycles. The fraction of sp³-hybridized carbons (Fsp3) is 0.826. The monoisotopic (exact) mass is 504 g/mol. The Kier molecular flexibility index (Phi) is 8.03. The molecule has 11 heteroatoms. The smallest absolute Gasteiger partial charge is 0.381 e. The van der Waals surface area contributed by atoms with Crippen LogP contribution in [0, 0.1) is 30.6 Å². The molecule has 1 saturated carbocycles. The number of rotatable bonds is 9. The van der Waals surface area contributed by atoms with Crippen molar-refractivity contribution in [3.05, 3.63) is 18.0 Å². The van der Waals surface area contributed by atoms with Crippen molar-refractivity contribution < 1.29 is 26.3 Å². The molecule has 34 heavy (non-hydrogen) atoms. The molecule has 1 aliphatic carbocycles. The molecule has 0 bridgehead atoms. The Morgan fingerprint density at radius 1 is 1.03 bits per heavy atom. The van der Waals surface area contributed by atoms with E-state index >= 15 is 0 Å². The molecule has 7 nitrogen and oxygen atoms in total. The first-order valence-electron chi connectivity index (χ1n) is 12.3. The van der Waals surface area contributed by atoms with Crippen molar-refractivity contribution in [1.29, 1.82) is 0 Å². The molecule has 2 aliphatic heterocycles. The topological polar surface area (TPSA) is 75.6 Å². The van der Waals surface area contributed by atoms with E-state index in [1.807, 2.05) is 19.3 Å². The maximum Gasteiger partial charge on any atom is 0.390 e. The third kappa shape index (κ3) is 7.04. The van der Waals surface area contributed by atoms with Gasteiger partial charge in [0, 0.05) is 51.8 Å². The number of piperidine rings is 2. The van der Waals surface area contributed by atoms with Gasteiger partial charge in [0.05, 0.1) is 12.2 Å². The van der Waals surface area contributed by atoms with Crippen molar-refractivity contribution in [2.24, 2.45) is 23.7 Å². The Bertz CT molecular complexity index is 897. The average Bonchev–Trinajstić information content (AvgIpc) is 3.58. The molecule has 0 N–H and O–H groups in total. The molecule has 3 aliphatic rings. The van der Waals surface area contributed by atoms with Crippen LogP contribution >= 0.6 is 0 Å². The first-order valence-corrected chi connectivity index (χ1v) is 13.9. The minimum Gasteiger partial charge on any atom is -0.381 e. The van der Waals surface area contributed by atoms with Crippen LogP contribution in [0.2, 0.25) is 0 Å². The van der Waals surface area contributed by atoms with Gasteiger partial charge in [0.25, 0.3) is 0 Å². The molecule has 0 radical (unpaired) electrons. The molecule has 0 amide bonds. The van der Waals surface area contributed by atoms with Crippen molar-refractivity contribution in [3.63, 3.8) is 0 Å². The molecule has 3 heterocycles. The van der Waals surface area contributed by atoms with Crippen LogP contribution in [-0.2, 0) is 14.8 Å². The number of halogens is 3. The maximum absolute atomic E-state index is 12.4. The van der Waals surface area contributed by atoms with Gasteiger partial charge < -0.3 is 9.64 Å². The molecular weight excluding hydrogens is 469 g/mol. The lowest BCUT2D eigenvalue weighted by molar-refractivity contribution is -0.130. The average molecular weight is 505 g/mol. The number of anilines is 1. The molecule has 4 rings (SSSR count). The number of hydrogen-bond acceptors (Lipinski definition) is 6. The van der Waals surface area contributed by atoms with Gasteiger partial charge in [0.15, 0.2) is 0 Å². The van der Waals surface area contributed by atoms with Gasteiger partial charge in [0.2, 0.25) is 16.0 Å². The fourth-order valence-electron chi connectivity index (χ4n) is 5.23. The Labute approximate surface area is 200 Å². The third-order valence-corrected chi connectivity index (χ3v) is 9.34. The highest BCUT2D eigenvalue weighted by Gasteiger charge is 2.44. The predicted octanol–water partition coefficient (Wildman–Crippen LogP) is 3.65. The Morgan fingerprint density at radius 2 is 1.68 bits per heavy atom. The van der Waals surface area contributed by atoms with Gasteiger partial charge in [-0.1, -0.05) is 0 Å². The van der Waals surface area contributed by atoms with Gasteiger partial charge in [0.1, 0.15) is 0 Å². The number of alkyl halides is 3. The molecule has 0 unspecified atom stereocenters. The fourth-order valence-corrected chi connectivity index (χ4v) is 6.75. The minimum atomic E-state index is -4.45. The second kappa shape index (κ2) is 10.7. The number of sulfonamides is 1. The van der Waals surface area contributed by atoms with Gasteiger partial charge in [-0.05, 0) is 68.3 Å². The van der Waals surface area contributed by atoms with E-state index in [0.717, 1.165) is 55.9 Å². The number of aromatic nitrogens is 2. The minimum absolute atomic E-state index is 0.268. The van der Waals surface area contributed by atoms with E-state index in [1.54, 1.807) is 0 Å². The first kappa shape index (κ1) is 25.6. The lowest BCUT2D eigenvalue weighted by Gasteiger charge is -2.32. The summed E-state index contributed by atoms with van der Waals surface area (Å²) in [6.07, 6.45) is 2.77. The molecule has 3 fully saturated rings. The summed E-state index contributed by atoms with van der Waals surface area (Å²) in [5.74, 6) is 2.28. The van der Waals surface area contributed by atoms with Crippen LogP contribution < -0.4 is 4.90 Å². The molecule has 1 aromatic heterocycles. The Hall–Kier alpha value is -1.46. The van der Waals surface area contributed by atoms with Crippen LogP contribution in [0.5, 0.6) is 0 Å². The number of hydrogen-bond donors (Lipinski definition) is 0. The lowest BCUT2D eigenvalue weighted by atomic mass is 9.91. The molecule has 2 atom stereocenters. The van der Waals surface area contributed by atoms with Gasteiger partial charge in [-0.3, -0.25) is 0 Å². The highest BCUT2D eigenvalue weighted by molar-refractivity contribution is 7.89. The maximum atomic E-state index is 12.4. The molecular formula is C23H35F3N4O3S. The van der Waals surface area contributed by atoms with E-state index in [4.69, 9.17) is 4.74 Å². The van der Waals surface area contributed by atoms with Gasteiger partial charge in [-0.2, -0.15) is 13.2 Å². The van der Waals surface area contributed by atoms with Crippen molar-refractivity contribution >= 4 is 16.0 Å². The van der Waals surface area contributed by atoms with Crippen LogP contribution in [0.25, 0.3) is 0 Å². The third-order valence-electron chi connectivity index (χ3n) is 7.47. The summed E-state index contributed by atoms with van der Waals surface area (Å²) < 4.78 is 68.6. The van der Waals surface area contributed by atoms with E-state index in [0.29, 0.717) is 25.4 Å². The van der Waals surface area contributed by atoms with Crippen molar-refractivity contribution in [2.45, 2.75) is 51.6 Å². The van der Waals surface area contributed by atoms with E-state index in [2.05, 4.69) is 14.9 Å². The van der Waals surface area contributed by atoms with E-state index in [1.165, 1.54) is 10.7 Å². The summed E-state index contributed by atoms with van der Waals surface area (Å²) in [4.78, 5) is 11.1. The summed E-state index contributed by atoms with van der Waals surface area (Å²) in [6, 6.07) is 0. The highest BCUT2D eigenvalue weighted by Crippen LogP contribution is 2.48. The largest absolute Gasteiger partial charge is 0.390 e. The number of ether oxygens (including phenoxy) is 1. The van der Waals surface area contributed by atoms with Crippen molar-refractivity contribution in [3.8, 4) is 0 Å². The van der Waals surface area contributed by atoms with Gasteiger partial charge in [-0.25, -0.2) is 22.7 Å². The molecule has 2 saturated heterocycles. The van der Waals surface area contributed by atoms with Gasteiger partial charge >= 0.3 is 6.18 Å². The quantitative estimate of drug-likeness (QED) is 0.511. The molecule has 192 valence electrons. The second-order valence-electron chi connectivity index (χ2n) is 10.1. The SMILES string of the molecule is Cc1cnc(N2CCC([C@H]3C[C@H]3COCC3CCN(S(=O)(=O)CCC(F)(F)F)CC3)CC2)nc1. The zero-order valence-electron chi connectivity index (χ0n) is 19.7. The van der Waals surface area contributed by atoms with Crippen molar-refractivity contribution in [2.75, 3.05) is 50.0 Å². The molecule has 0 spiro atoms. The summed E-state index contributed by atoms with van der Waals surface area (Å²) >= 11 is 0. The van der Waals surface area contributed by atoms with Crippen LogP contribution in [-0.4, -0.2) is 74.0 Å². The number of nitrogens with zero attached hydrogens (tertiary/aromatic N) is 4. The summed E-state index contributed by atoms with van der Waals surface area (Å²) in [7, 11) is -3.85. The Balaban J connectivity index is 1.10. The first-order chi connectivity index (χ1) is 16.1. The van der Waals surface area contributed by atoms with Crippen LogP contribution in [0.1, 0.15) is 44.1 Å². The van der Waals surface area contributed by atoms with Crippen LogP contribution in [0.15, 0.2) is 12.4 Å². The summed E-state index contributed by atoms with van der Waals surface area (Å²) in [6.45, 7) is 5.87. The summed E-state index contributed by atoms with van der Waals surface area (Å²) in [5, 5.41) is 0. The van der Waals surface area contributed by atoms with Crippen LogP contribution in [0.3, 0.4) is 0 Å². The zero-order valence-corrected chi connectivity index (χ0v) is 20.5. The van der Waals surface area contributed by atoms with Gasteiger partial charge in [-0.15, -0.1) is 0 Å². The second-order valence-corrected chi connectivity index (χ2v) is 12.2. The zero-order chi connectivity index (χ0) is 24.3. The van der Waals surface area contributed by atoms with E-state index < -0.39 is 28.4 Å². The molecule has 1 aromatic rings. The van der Waals surface area contributed by atoms with Crippen LogP contribution in [0.4, 0.5) is 19.1 Å². The standard InChI is InChI=1S/C23H35F3N4O3S/c1-17-13-27-22(28-14-17)29-7-4-19(5-8-29)21-12-20(21)16-33-15-18-2-9-30(10-3-18)34(31,32)11-6-23(24,25)26/h13-14,18-21H,2-12,15-16H2,1H3/t20-,21+/m0/s1. The Morgan fingerprint density at radius 3 is 2.29 bits per heavy atom. The van der Waals surface area contributed by atoms with E-state index in [9.17, 15) is 21.6 Å². The van der Waals surface area contributed by atoms with E-state index in [-0.39, 0.29) is 19.0 Å². The summed E-state index contributed by atoms with van der Waals surface area (Å²) in [5.41, 5.74) is 1.07. The highest BCUT2D eigenvalue weighted by atomic mass is 32.2. The van der Waals surface area contributed by atoms with Crippen molar-refractivity contribution in [1.82, 2.24) is 14.3 Å². The number of aryl methyl sites for hydroxylation is 1. The lowest BCUT2D eigenvalue weighted by Crippen LogP contribution is -2.41. The normalized spacial score (nSPS) is 25.6. The predicted molar refractivity (Wildman–Crippen MR) is 123 cm³/mol.